The zero-order valence-corrected chi connectivity index (χ0v) is 20.2. The third-order valence-corrected chi connectivity index (χ3v) is 7.63. The van der Waals surface area contributed by atoms with E-state index in [4.69, 9.17) is 25.8 Å². The maximum atomic E-state index is 13.3. The molecule has 1 aliphatic rings. The van der Waals surface area contributed by atoms with E-state index < -0.39 is 10.0 Å². The van der Waals surface area contributed by atoms with Crippen LogP contribution in [0.2, 0.25) is 5.02 Å². The van der Waals surface area contributed by atoms with Crippen LogP contribution in [0.3, 0.4) is 0 Å². The number of hydrogen-bond acceptors (Lipinski definition) is 5. The van der Waals surface area contributed by atoms with Gasteiger partial charge in [0.15, 0.2) is 0 Å². The van der Waals surface area contributed by atoms with E-state index in [-0.39, 0.29) is 29.6 Å². The van der Waals surface area contributed by atoms with Gasteiger partial charge in [-0.25, -0.2) is 8.42 Å². The van der Waals surface area contributed by atoms with Gasteiger partial charge in [0.25, 0.3) is 0 Å². The van der Waals surface area contributed by atoms with E-state index in [9.17, 15) is 8.42 Å². The average Bonchev–Trinajstić information content (AvgIpc) is 3.03. The Balaban J connectivity index is 1.49. The van der Waals surface area contributed by atoms with Crippen molar-refractivity contribution in [3.63, 3.8) is 0 Å². The lowest BCUT2D eigenvalue weighted by molar-refractivity contribution is 0.107. The van der Waals surface area contributed by atoms with Crippen LogP contribution in [0.4, 0.5) is 0 Å². The lowest BCUT2D eigenvalue weighted by atomic mass is 10.1. The number of halogens is 1. The van der Waals surface area contributed by atoms with Crippen molar-refractivity contribution in [3.05, 3.63) is 87.9 Å². The highest BCUT2D eigenvalue weighted by Crippen LogP contribution is 2.31. The fraction of sp³-hybridized carbons (Fsp3) is 0.280. The first-order valence-electron chi connectivity index (χ1n) is 10.6. The molecule has 3 aromatic rings. The SMILES string of the molecule is COc1ccc(S(=O)(=O)N2CCOc3ccc(COCc4ccc(C)cc4)cc3C2)cc1Cl. The molecule has 33 heavy (non-hydrogen) atoms. The number of ether oxygens (including phenoxy) is 3. The Morgan fingerprint density at radius 3 is 2.45 bits per heavy atom. The van der Waals surface area contributed by atoms with Crippen molar-refractivity contribution in [3.8, 4) is 11.5 Å². The van der Waals surface area contributed by atoms with E-state index in [2.05, 4.69) is 19.1 Å². The van der Waals surface area contributed by atoms with Crippen LogP contribution in [-0.4, -0.2) is 33.0 Å². The summed E-state index contributed by atoms with van der Waals surface area (Å²) >= 11 is 6.16. The average molecular weight is 488 g/mol. The summed E-state index contributed by atoms with van der Waals surface area (Å²) in [6.07, 6.45) is 0. The molecule has 0 amide bonds. The molecule has 6 nitrogen and oxygen atoms in total. The van der Waals surface area contributed by atoms with Gasteiger partial charge in [-0.1, -0.05) is 47.5 Å². The van der Waals surface area contributed by atoms with Gasteiger partial charge in [-0.2, -0.15) is 4.31 Å². The summed E-state index contributed by atoms with van der Waals surface area (Å²) in [6, 6.07) is 18.5. The summed E-state index contributed by atoms with van der Waals surface area (Å²) in [5.74, 6) is 1.11. The molecule has 174 valence electrons. The zero-order chi connectivity index (χ0) is 23.4. The van der Waals surface area contributed by atoms with E-state index in [0.717, 1.165) is 16.7 Å². The minimum absolute atomic E-state index is 0.120. The van der Waals surface area contributed by atoms with E-state index >= 15 is 0 Å². The summed E-state index contributed by atoms with van der Waals surface area (Å²) in [6.45, 7) is 3.68. The molecule has 0 fully saturated rings. The number of nitrogens with zero attached hydrogens (tertiary/aromatic N) is 1. The zero-order valence-electron chi connectivity index (χ0n) is 18.6. The van der Waals surface area contributed by atoms with E-state index in [1.54, 1.807) is 6.07 Å². The second-order valence-electron chi connectivity index (χ2n) is 7.90. The van der Waals surface area contributed by atoms with Crippen molar-refractivity contribution >= 4 is 21.6 Å². The van der Waals surface area contributed by atoms with Gasteiger partial charge in [-0.15, -0.1) is 0 Å². The van der Waals surface area contributed by atoms with Crippen molar-refractivity contribution in [2.24, 2.45) is 0 Å². The molecule has 1 heterocycles. The largest absolute Gasteiger partial charge is 0.495 e. The van der Waals surface area contributed by atoms with Crippen LogP contribution in [0.1, 0.15) is 22.3 Å². The van der Waals surface area contributed by atoms with Gasteiger partial charge in [-0.3, -0.25) is 0 Å². The predicted molar refractivity (Wildman–Crippen MR) is 127 cm³/mol. The Morgan fingerprint density at radius 2 is 1.73 bits per heavy atom. The molecule has 1 aliphatic heterocycles. The van der Waals surface area contributed by atoms with Crippen molar-refractivity contribution in [1.29, 1.82) is 0 Å². The molecule has 8 heteroatoms. The molecule has 0 atom stereocenters. The number of hydrogen-bond donors (Lipinski definition) is 0. The van der Waals surface area contributed by atoms with Crippen LogP contribution in [0, 0.1) is 6.92 Å². The van der Waals surface area contributed by atoms with Gasteiger partial charge in [0, 0.05) is 18.7 Å². The third kappa shape index (κ3) is 5.50. The first-order valence-corrected chi connectivity index (χ1v) is 12.4. The number of sulfonamides is 1. The highest BCUT2D eigenvalue weighted by atomic mass is 35.5. The summed E-state index contributed by atoms with van der Waals surface area (Å²) < 4.78 is 44.8. The van der Waals surface area contributed by atoms with Gasteiger partial charge >= 0.3 is 0 Å². The van der Waals surface area contributed by atoms with Crippen molar-refractivity contribution in [2.75, 3.05) is 20.3 Å². The quantitative estimate of drug-likeness (QED) is 0.471. The molecular weight excluding hydrogens is 462 g/mol. The number of aryl methyl sites for hydroxylation is 1. The van der Waals surface area contributed by atoms with E-state index in [1.165, 1.54) is 29.1 Å². The smallest absolute Gasteiger partial charge is 0.243 e. The van der Waals surface area contributed by atoms with Crippen LogP contribution < -0.4 is 9.47 Å². The molecular formula is C25H26ClNO5S. The van der Waals surface area contributed by atoms with Gasteiger partial charge in [0.05, 0.1) is 30.2 Å². The van der Waals surface area contributed by atoms with Gasteiger partial charge in [-0.05, 0) is 48.4 Å². The molecule has 0 spiro atoms. The Labute approximate surface area is 199 Å². The van der Waals surface area contributed by atoms with Crippen molar-refractivity contribution < 1.29 is 22.6 Å². The summed E-state index contributed by atoms with van der Waals surface area (Å²) in [5, 5.41) is 0.248. The first-order chi connectivity index (χ1) is 15.9. The van der Waals surface area contributed by atoms with Gasteiger partial charge < -0.3 is 14.2 Å². The molecule has 0 bridgehead atoms. The second-order valence-corrected chi connectivity index (χ2v) is 10.2. The van der Waals surface area contributed by atoms with Crippen molar-refractivity contribution in [2.45, 2.75) is 31.6 Å². The second kappa shape index (κ2) is 10.1. The van der Waals surface area contributed by atoms with Crippen molar-refractivity contribution in [1.82, 2.24) is 4.31 Å². The number of benzene rings is 3. The Hall–Kier alpha value is -2.58. The Kier molecular flexibility index (Phi) is 7.24. The fourth-order valence-electron chi connectivity index (χ4n) is 3.65. The van der Waals surface area contributed by atoms with Crippen LogP contribution in [0.5, 0.6) is 11.5 Å². The maximum Gasteiger partial charge on any atom is 0.243 e. The molecule has 0 radical (unpaired) electrons. The Morgan fingerprint density at radius 1 is 1.00 bits per heavy atom. The molecule has 0 saturated carbocycles. The Bertz CT molecular complexity index is 1230. The minimum atomic E-state index is -3.76. The number of rotatable bonds is 7. The monoisotopic (exact) mass is 487 g/mol. The topological polar surface area (TPSA) is 65.1 Å². The van der Waals surface area contributed by atoms with Gasteiger partial charge in [0.1, 0.15) is 18.1 Å². The number of methoxy groups -OCH3 is 1. The lowest BCUT2D eigenvalue weighted by Gasteiger charge is -2.20. The highest BCUT2D eigenvalue weighted by Gasteiger charge is 2.28. The molecule has 3 aromatic carbocycles. The predicted octanol–water partition coefficient (Wildman–Crippen LogP) is 4.96. The van der Waals surface area contributed by atoms with Crippen LogP contribution in [-0.2, 0) is 34.5 Å². The van der Waals surface area contributed by atoms with Crippen LogP contribution in [0.25, 0.3) is 0 Å². The number of fused-ring (bicyclic) bond motifs is 1. The fourth-order valence-corrected chi connectivity index (χ4v) is 5.40. The van der Waals surface area contributed by atoms with Gasteiger partial charge in [0.2, 0.25) is 10.0 Å². The summed E-state index contributed by atoms with van der Waals surface area (Å²) in [5.41, 5.74) is 4.07. The molecule has 0 unspecified atom stereocenters. The van der Waals surface area contributed by atoms with E-state index in [0.29, 0.717) is 24.7 Å². The van der Waals surface area contributed by atoms with E-state index in [1.807, 2.05) is 30.3 Å². The molecule has 0 saturated heterocycles. The van der Waals surface area contributed by atoms with Crippen LogP contribution in [0.15, 0.2) is 65.6 Å². The maximum absolute atomic E-state index is 13.3. The molecule has 0 aromatic heterocycles. The summed E-state index contributed by atoms with van der Waals surface area (Å²) in [7, 11) is -2.28. The summed E-state index contributed by atoms with van der Waals surface area (Å²) in [4.78, 5) is 0.120. The lowest BCUT2D eigenvalue weighted by Crippen LogP contribution is -2.32. The highest BCUT2D eigenvalue weighted by molar-refractivity contribution is 7.89. The molecule has 0 N–H and O–H groups in total. The normalized spacial score (nSPS) is 14.3. The molecule has 4 rings (SSSR count). The first kappa shape index (κ1) is 23.6. The third-order valence-electron chi connectivity index (χ3n) is 5.49. The molecule has 0 aliphatic carbocycles. The van der Waals surface area contributed by atoms with Crippen LogP contribution >= 0.6 is 11.6 Å². The standard InChI is InChI=1S/C25H26ClNO5S/c1-18-3-5-19(6-4-18)16-31-17-20-7-9-24-21(13-20)15-27(11-12-32-24)33(28,29)22-8-10-25(30-2)23(26)14-22/h3-10,13-14H,11-12,15-17H2,1-2H3. The minimum Gasteiger partial charge on any atom is -0.495 e.